The van der Waals surface area contributed by atoms with Crippen LogP contribution in [0.3, 0.4) is 0 Å². The summed E-state index contributed by atoms with van der Waals surface area (Å²) in [6.07, 6.45) is 1.51. The molecule has 1 aromatic rings. The van der Waals surface area contributed by atoms with E-state index in [0.29, 0.717) is 31.1 Å². The van der Waals surface area contributed by atoms with Crippen LogP contribution in [0.2, 0.25) is 0 Å². The minimum absolute atomic E-state index is 0.0831. The van der Waals surface area contributed by atoms with E-state index in [9.17, 15) is 9.59 Å². The summed E-state index contributed by atoms with van der Waals surface area (Å²) in [6, 6.07) is 0. The lowest BCUT2D eigenvalue weighted by Crippen LogP contribution is -2.55. The fraction of sp³-hybridized carbons (Fsp3) is 0.692. The predicted octanol–water partition coefficient (Wildman–Crippen LogP) is 1.30. The maximum absolute atomic E-state index is 12.4. The van der Waals surface area contributed by atoms with Gasteiger partial charge in [-0.1, -0.05) is 18.3 Å². The van der Waals surface area contributed by atoms with Crippen molar-refractivity contribution in [2.45, 2.75) is 39.2 Å². The standard InChI is InChI=1S/C13H20N4O2S/c1-9(2)7-14-12(19)13(3)5-4-6-17(13)11(18)10-8-20-16-15-10/h8-9H,4-7H2,1-3H3,(H,14,19). The predicted molar refractivity (Wildman–Crippen MR) is 76.4 cm³/mol. The molecule has 0 spiro atoms. The number of hydrogen-bond acceptors (Lipinski definition) is 5. The maximum Gasteiger partial charge on any atom is 0.276 e. The Morgan fingerprint density at radius 1 is 1.55 bits per heavy atom. The Kier molecular flexibility index (Phi) is 4.37. The van der Waals surface area contributed by atoms with Gasteiger partial charge in [0.1, 0.15) is 5.54 Å². The van der Waals surface area contributed by atoms with Gasteiger partial charge in [0.25, 0.3) is 5.91 Å². The van der Waals surface area contributed by atoms with Gasteiger partial charge >= 0.3 is 0 Å². The molecule has 1 aliphatic rings. The number of amides is 2. The first-order valence-electron chi connectivity index (χ1n) is 6.82. The topological polar surface area (TPSA) is 75.2 Å². The molecule has 1 unspecified atom stereocenters. The number of aromatic nitrogens is 2. The van der Waals surface area contributed by atoms with Crippen LogP contribution in [0.15, 0.2) is 5.38 Å². The van der Waals surface area contributed by atoms with Crippen molar-refractivity contribution in [1.29, 1.82) is 0 Å². The van der Waals surface area contributed by atoms with Gasteiger partial charge in [0, 0.05) is 18.5 Å². The van der Waals surface area contributed by atoms with Gasteiger partial charge in [-0.2, -0.15) is 0 Å². The third-order valence-corrected chi connectivity index (χ3v) is 4.13. The molecule has 20 heavy (non-hydrogen) atoms. The van der Waals surface area contributed by atoms with Crippen LogP contribution in [0.25, 0.3) is 0 Å². The van der Waals surface area contributed by atoms with Crippen LogP contribution in [0, 0.1) is 5.92 Å². The van der Waals surface area contributed by atoms with Gasteiger partial charge in [-0.3, -0.25) is 9.59 Å². The summed E-state index contributed by atoms with van der Waals surface area (Å²) in [5.41, 5.74) is -0.463. The third kappa shape index (κ3) is 2.82. The second-order valence-corrected chi connectivity index (χ2v) is 6.34. The first-order chi connectivity index (χ1) is 9.45. The SMILES string of the molecule is CC(C)CNC(=O)C1(C)CCCN1C(=O)c1csnn1. The van der Waals surface area contributed by atoms with E-state index in [-0.39, 0.29) is 11.8 Å². The highest BCUT2D eigenvalue weighted by Crippen LogP contribution is 2.30. The van der Waals surface area contributed by atoms with Crippen LogP contribution in [0.4, 0.5) is 0 Å². The highest BCUT2D eigenvalue weighted by Gasteiger charge is 2.46. The lowest BCUT2D eigenvalue weighted by Gasteiger charge is -2.33. The average molecular weight is 296 g/mol. The van der Waals surface area contributed by atoms with E-state index in [4.69, 9.17) is 0 Å². The van der Waals surface area contributed by atoms with Gasteiger partial charge in [0.05, 0.1) is 0 Å². The maximum atomic E-state index is 12.4. The molecule has 0 radical (unpaired) electrons. The number of hydrogen-bond donors (Lipinski definition) is 1. The zero-order chi connectivity index (χ0) is 14.8. The van der Waals surface area contributed by atoms with Crippen LogP contribution in [0.1, 0.15) is 44.1 Å². The largest absolute Gasteiger partial charge is 0.354 e. The van der Waals surface area contributed by atoms with Crippen LogP contribution in [-0.4, -0.2) is 44.9 Å². The van der Waals surface area contributed by atoms with Crippen LogP contribution in [-0.2, 0) is 4.79 Å². The summed E-state index contributed by atoms with van der Waals surface area (Å²) in [6.45, 7) is 7.12. The molecule has 2 heterocycles. The minimum atomic E-state index is -0.782. The number of nitrogens with one attached hydrogen (secondary N) is 1. The minimum Gasteiger partial charge on any atom is -0.354 e. The summed E-state index contributed by atoms with van der Waals surface area (Å²) in [7, 11) is 0. The van der Waals surface area contributed by atoms with Gasteiger partial charge < -0.3 is 10.2 Å². The van der Waals surface area contributed by atoms with Gasteiger partial charge in [-0.25, -0.2) is 0 Å². The van der Waals surface area contributed by atoms with E-state index in [1.54, 1.807) is 10.3 Å². The fourth-order valence-electron chi connectivity index (χ4n) is 2.41. The molecule has 1 atom stereocenters. The molecule has 0 aliphatic carbocycles. The third-order valence-electron chi connectivity index (χ3n) is 3.63. The normalized spacial score (nSPS) is 22.3. The molecule has 1 saturated heterocycles. The van der Waals surface area contributed by atoms with Crippen molar-refractivity contribution in [1.82, 2.24) is 19.8 Å². The van der Waals surface area contributed by atoms with Gasteiger partial charge in [0.2, 0.25) is 5.91 Å². The summed E-state index contributed by atoms with van der Waals surface area (Å²) in [4.78, 5) is 26.5. The summed E-state index contributed by atoms with van der Waals surface area (Å²) in [5.74, 6) is 0.0922. The van der Waals surface area contributed by atoms with E-state index >= 15 is 0 Å². The summed E-state index contributed by atoms with van der Waals surface area (Å²) < 4.78 is 3.71. The number of carbonyl (C=O) groups excluding carboxylic acids is 2. The molecular formula is C13H20N4O2S. The Morgan fingerprint density at radius 2 is 2.30 bits per heavy atom. The molecule has 1 aliphatic heterocycles. The zero-order valence-electron chi connectivity index (χ0n) is 12.0. The highest BCUT2D eigenvalue weighted by molar-refractivity contribution is 7.03. The first-order valence-corrected chi connectivity index (χ1v) is 7.66. The monoisotopic (exact) mass is 296 g/mol. The molecule has 110 valence electrons. The Balaban J connectivity index is 2.13. The molecule has 6 nitrogen and oxygen atoms in total. The van der Waals surface area contributed by atoms with Gasteiger partial charge in [-0.15, -0.1) is 5.10 Å². The van der Waals surface area contributed by atoms with Crippen molar-refractivity contribution < 1.29 is 9.59 Å². The Labute approximate surface area is 122 Å². The van der Waals surface area contributed by atoms with Crippen molar-refractivity contribution in [3.05, 3.63) is 11.1 Å². The average Bonchev–Trinajstić information content (AvgIpc) is 3.04. The van der Waals surface area contributed by atoms with Crippen molar-refractivity contribution in [3.8, 4) is 0 Å². The van der Waals surface area contributed by atoms with Crippen molar-refractivity contribution in [3.63, 3.8) is 0 Å². The lowest BCUT2D eigenvalue weighted by atomic mass is 9.97. The Morgan fingerprint density at radius 3 is 2.90 bits per heavy atom. The lowest BCUT2D eigenvalue weighted by molar-refractivity contribution is -0.130. The number of rotatable bonds is 4. The second-order valence-electron chi connectivity index (χ2n) is 5.73. The van der Waals surface area contributed by atoms with Crippen LogP contribution in [0.5, 0.6) is 0 Å². The number of carbonyl (C=O) groups is 2. The number of nitrogens with zero attached hydrogens (tertiary/aromatic N) is 3. The molecule has 2 rings (SSSR count). The fourth-order valence-corrected chi connectivity index (χ4v) is 2.84. The van der Waals surface area contributed by atoms with Crippen molar-refractivity contribution in [2.24, 2.45) is 5.92 Å². The summed E-state index contributed by atoms with van der Waals surface area (Å²) >= 11 is 1.14. The van der Waals surface area contributed by atoms with E-state index in [1.807, 2.05) is 20.8 Å². The molecule has 1 aromatic heterocycles. The van der Waals surface area contributed by atoms with Crippen LogP contribution < -0.4 is 5.32 Å². The molecular weight excluding hydrogens is 276 g/mol. The first kappa shape index (κ1) is 14.9. The molecule has 0 aromatic carbocycles. The van der Waals surface area contributed by atoms with E-state index < -0.39 is 5.54 Å². The van der Waals surface area contributed by atoms with Crippen molar-refractivity contribution in [2.75, 3.05) is 13.1 Å². The molecule has 7 heteroatoms. The Hall–Kier alpha value is -1.50. The van der Waals surface area contributed by atoms with E-state index in [2.05, 4.69) is 14.9 Å². The van der Waals surface area contributed by atoms with Crippen LogP contribution >= 0.6 is 11.5 Å². The highest BCUT2D eigenvalue weighted by atomic mass is 32.1. The van der Waals surface area contributed by atoms with Gasteiger partial charge in [0.15, 0.2) is 5.69 Å². The molecule has 0 bridgehead atoms. The molecule has 1 N–H and O–H groups in total. The molecule has 2 amide bonds. The van der Waals surface area contributed by atoms with Gasteiger partial charge in [-0.05, 0) is 37.2 Å². The Bertz CT molecular complexity index is 489. The molecule has 1 fully saturated rings. The second kappa shape index (κ2) is 5.87. The smallest absolute Gasteiger partial charge is 0.276 e. The summed E-state index contributed by atoms with van der Waals surface area (Å²) in [5, 5.41) is 8.35. The zero-order valence-corrected chi connectivity index (χ0v) is 12.9. The van der Waals surface area contributed by atoms with Crippen molar-refractivity contribution >= 4 is 23.3 Å². The molecule has 0 saturated carbocycles. The van der Waals surface area contributed by atoms with E-state index in [0.717, 1.165) is 18.0 Å². The quantitative estimate of drug-likeness (QED) is 0.909. The van der Waals surface area contributed by atoms with E-state index in [1.165, 1.54) is 0 Å². The number of likely N-dealkylation sites (tertiary alicyclic amines) is 1.